The van der Waals surface area contributed by atoms with Crippen molar-refractivity contribution >= 4 is 10.9 Å². The molecular weight excluding hydrogens is 256 g/mol. The van der Waals surface area contributed by atoms with E-state index in [1.165, 1.54) is 59.8 Å². The molecule has 2 aliphatic carbocycles. The second-order valence-electron chi connectivity index (χ2n) is 6.85. The first-order valence-electron chi connectivity index (χ1n) is 8.37. The van der Waals surface area contributed by atoms with E-state index in [9.17, 15) is 0 Å². The van der Waals surface area contributed by atoms with Crippen molar-refractivity contribution in [1.82, 2.24) is 10.3 Å². The Labute approximate surface area is 127 Å². The van der Waals surface area contributed by atoms with Crippen LogP contribution in [0.25, 0.3) is 10.9 Å². The molecule has 1 N–H and O–H groups in total. The van der Waals surface area contributed by atoms with Gasteiger partial charge in [-0.25, -0.2) is 0 Å². The van der Waals surface area contributed by atoms with Crippen LogP contribution in [0.4, 0.5) is 0 Å². The summed E-state index contributed by atoms with van der Waals surface area (Å²) in [5, 5.41) is 5.14. The monoisotopic (exact) mass is 280 g/mol. The molecule has 2 heteroatoms. The molecule has 110 valence electrons. The molecule has 0 radical (unpaired) electrons. The van der Waals surface area contributed by atoms with E-state index in [0.717, 1.165) is 19.0 Å². The lowest BCUT2D eigenvalue weighted by molar-refractivity contribution is 0.642. The number of aromatic nitrogens is 1. The molecule has 0 bridgehead atoms. The lowest BCUT2D eigenvalue weighted by Crippen LogP contribution is -2.19. The highest BCUT2D eigenvalue weighted by Crippen LogP contribution is 2.32. The first-order chi connectivity index (χ1) is 10.2. The minimum absolute atomic E-state index is 0.762. The van der Waals surface area contributed by atoms with Crippen molar-refractivity contribution in [1.29, 1.82) is 0 Å². The second-order valence-corrected chi connectivity index (χ2v) is 6.85. The fourth-order valence-corrected chi connectivity index (χ4v) is 3.79. The van der Waals surface area contributed by atoms with Crippen molar-refractivity contribution in [3.8, 4) is 0 Å². The molecule has 0 atom stereocenters. The van der Waals surface area contributed by atoms with Gasteiger partial charge >= 0.3 is 0 Å². The largest absolute Gasteiger partial charge is 0.310 e. The smallest absolute Gasteiger partial charge is 0.0714 e. The first kappa shape index (κ1) is 13.3. The molecule has 2 nitrogen and oxygen atoms in total. The lowest BCUT2D eigenvalue weighted by atomic mass is 9.88. The van der Waals surface area contributed by atoms with Crippen molar-refractivity contribution in [2.75, 3.05) is 0 Å². The Balaban J connectivity index is 1.91. The van der Waals surface area contributed by atoms with Gasteiger partial charge in [0.05, 0.1) is 5.52 Å². The van der Waals surface area contributed by atoms with Crippen LogP contribution in [0, 0.1) is 13.8 Å². The second kappa shape index (κ2) is 5.10. The van der Waals surface area contributed by atoms with Gasteiger partial charge in [-0.15, -0.1) is 0 Å². The van der Waals surface area contributed by atoms with Gasteiger partial charge in [0.25, 0.3) is 0 Å². The molecule has 1 heterocycles. The van der Waals surface area contributed by atoms with E-state index < -0.39 is 0 Å². The summed E-state index contributed by atoms with van der Waals surface area (Å²) in [4.78, 5) is 5.01. The van der Waals surface area contributed by atoms with Crippen LogP contribution < -0.4 is 5.32 Å². The maximum atomic E-state index is 5.01. The maximum Gasteiger partial charge on any atom is 0.0714 e. The van der Waals surface area contributed by atoms with E-state index in [1.807, 2.05) is 0 Å². The predicted molar refractivity (Wildman–Crippen MR) is 87.7 cm³/mol. The number of nitrogens with zero attached hydrogens (tertiary/aromatic N) is 1. The summed E-state index contributed by atoms with van der Waals surface area (Å²) in [5.41, 5.74) is 8.38. The van der Waals surface area contributed by atoms with Crippen molar-refractivity contribution in [2.24, 2.45) is 0 Å². The molecule has 1 saturated carbocycles. The van der Waals surface area contributed by atoms with E-state index in [1.54, 1.807) is 11.1 Å². The molecule has 1 aromatic carbocycles. The number of pyridine rings is 1. The Hall–Kier alpha value is -1.41. The van der Waals surface area contributed by atoms with E-state index in [2.05, 4.69) is 31.3 Å². The molecule has 0 saturated heterocycles. The molecule has 0 unspecified atom stereocenters. The molecule has 0 aliphatic heterocycles. The fourth-order valence-electron chi connectivity index (χ4n) is 3.79. The van der Waals surface area contributed by atoms with Gasteiger partial charge < -0.3 is 5.32 Å². The number of rotatable bonds is 3. The van der Waals surface area contributed by atoms with Crippen LogP contribution in [0.1, 0.15) is 53.6 Å². The third-order valence-electron chi connectivity index (χ3n) is 4.96. The number of benzene rings is 1. The minimum Gasteiger partial charge on any atom is -0.310 e. The van der Waals surface area contributed by atoms with Gasteiger partial charge in [0.15, 0.2) is 0 Å². The Kier molecular flexibility index (Phi) is 3.22. The topological polar surface area (TPSA) is 24.9 Å². The molecule has 4 rings (SSSR count). The average Bonchev–Trinajstić information content (AvgIpc) is 3.27. The number of aryl methyl sites for hydroxylation is 3. The van der Waals surface area contributed by atoms with Gasteiger partial charge in [0.1, 0.15) is 0 Å². The number of hydrogen-bond acceptors (Lipinski definition) is 2. The number of nitrogens with one attached hydrogen (secondary N) is 1. The number of fused-ring (bicyclic) bond motifs is 2. The summed E-state index contributed by atoms with van der Waals surface area (Å²) in [5.74, 6) is 0. The van der Waals surface area contributed by atoms with Crippen molar-refractivity contribution in [3.05, 3.63) is 40.1 Å². The molecule has 0 amide bonds. The molecule has 2 aromatic rings. The van der Waals surface area contributed by atoms with Gasteiger partial charge in [0.2, 0.25) is 0 Å². The lowest BCUT2D eigenvalue weighted by Gasteiger charge is -2.22. The molecule has 1 aromatic heterocycles. The third-order valence-corrected chi connectivity index (χ3v) is 4.96. The summed E-state index contributed by atoms with van der Waals surface area (Å²) in [6.07, 6.45) is 7.70. The Morgan fingerprint density at radius 2 is 1.95 bits per heavy atom. The highest BCUT2D eigenvalue weighted by molar-refractivity contribution is 5.87. The standard InChI is InChI=1S/C19H24N2/c1-12-9-13(2)19-16(11-20-14-7-8-14)15-5-3-4-6-17(15)21-18(19)10-12/h9-10,14,20H,3-8,11H2,1-2H3. The molecular formula is C19H24N2. The molecule has 0 spiro atoms. The SMILES string of the molecule is Cc1cc(C)c2c(CNC3CC3)c3c(nc2c1)CCCC3. The van der Waals surface area contributed by atoms with Crippen LogP contribution >= 0.6 is 0 Å². The van der Waals surface area contributed by atoms with Crippen molar-refractivity contribution < 1.29 is 0 Å². The Morgan fingerprint density at radius 1 is 1.14 bits per heavy atom. The molecule has 21 heavy (non-hydrogen) atoms. The van der Waals surface area contributed by atoms with Crippen LogP contribution in [-0.4, -0.2) is 11.0 Å². The van der Waals surface area contributed by atoms with Gasteiger partial charge in [-0.2, -0.15) is 0 Å². The van der Waals surface area contributed by atoms with Crippen LogP contribution in [0.5, 0.6) is 0 Å². The van der Waals surface area contributed by atoms with Crippen molar-refractivity contribution in [3.63, 3.8) is 0 Å². The van der Waals surface area contributed by atoms with Crippen LogP contribution in [0.15, 0.2) is 12.1 Å². The fraction of sp³-hybridized carbons (Fsp3) is 0.526. The van der Waals surface area contributed by atoms with Crippen molar-refractivity contribution in [2.45, 2.75) is 65.0 Å². The van der Waals surface area contributed by atoms with Gasteiger partial charge in [-0.3, -0.25) is 4.98 Å². The van der Waals surface area contributed by atoms with E-state index in [0.29, 0.717) is 0 Å². The molecule has 1 fully saturated rings. The summed E-state index contributed by atoms with van der Waals surface area (Å²) in [6, 6.07) is 5.33. The Bertz CT molecular complexity index is 699. The highest BCUT2D eigenvalue weighted by atomic mass is 14.9. The summed E-state index contributed by atoms with van der Waals surface area (Å²) >= 11 is 0. The minimum atomic E-state index is 0.762. The van der Waals surface area contributed by atoms with Gasteiger partial charge in [-0.1, -0.05) is 6.07 Å². The Morgan fingerprint density at radius 3 is 2.76 bits per heavy atom. The molecule has 2 aliphatic rings. The van der Waals surface area contributed by atoms with Crippen LogP contribution in [0.2, 0.25) is 0 Å². The zero-order valence-corrected chi connectivity index (χ0v) is 13.1. The average molecular weight is 280 g/mol. The van der Waals surface area contributed by atoms with Gasteiger partial charge in [-0.05, 0) is 80.7 Å². The number of hydrogen-bond donors (Lipinski definition) is 1. The quantitative estimate of drug-likeness (QED) is 0.919. The highest BCUT2D eigenvalue weighted by Gasteiger charge is 2.23. The third kappa shape index (κ3) is 2.46. The zero-order chi connectivity index (χ0) is 14.4. The van der Waals surface area contributed by atoms with E-state index >= 15 is 0 Å². The van der Waals surface area contributed by atoms with Crippen LogP contribution in [-0.2, 0) is 19.4 Å². The summed E-state index contributed by atoms with van der Waals surface area (Å²) < 4.78 is 0. The summed E-state index contributed by atoms with van der Waals surface area (Å²) in [7, 11) is 0. The normalized spacial score (nSPS) is 18.0. The van der Waals surface area contributed by atoms with E-state index in [-0.39, 0.29) is 0 Å². The first-order valence-corrected chi connectivity index (χ1v) is 8.37. The predicted octanol–water partition coefficient (Wildman–Crippen LogP) is 3.98. The zero-order valence-electron chi connectivity index (χ0n) is 13.1. The van der Waals surface area contributed by atoms with Gasteiger partial charge in [0, 0.05) is 23.7 Å². The van der Waals surface area contributed by atoms with Crippen LogP contribution in [0.3, 0.4) is 0 Å². The van der Waals surface area contributed by atoms with E-state index in [4.69, 9.17) is 4.98 Å². The summed E-state index contributed by atoms with van der Waals surface area (Å²) in [6.45, 7) is 5.44. The maximum absolute atomic E-state index is 5.01.